The van der Waals surface area contributed by atoms with Gasteiger partial charge in [0.25, 0.3) is 11.4 Å². The zero-order chi connectivity index (χ0) is 21.1. The molecule has 0 aliphatic carbocycles. The van der Waals surface area contributed by atoms with E-state index in [0.29, 0.717) is 32.7 Å². The lowest BCUT2D eigenvalue weighted by molar-refractivity contribution is -0.383. The fourth-order valence-corrected chi connectivity index (χ4v) is 3.32. The molecular formula is C24H12N2O4. The number of hydrogen-bond acceptors (Lipinski definition) is 4. The molecule has 0 radical (unpaired) electrons. The van der Waals surface area contributed by atoms with Crippen LogP contribution >= 0.6 is 0 Å². The number of hydrogen-bond donors (Lipinski definition) is 0. The first-order valence-electron chi connectivity index (χ1n) is 8.90. The number of benzene rings is 4. The molecule has 0 aliphatic rings. The molecule has 6 nitrogen and oxygen atoms in total. The monoisotopic (exact) mass is 392 g/mol. The van der Waals surface area contributed by atoms with Crippen molar-refractivity contribution in [1.29, 1.82) is 0 Å². The smallest absolute Gasteiger partial charge is 0.258 e. The molecule has 0 heterocycles. The quantitative estimate of drug-likeness (QED) is 0.266. The van der Waals surface area contributed by atoms with Crippen LogP contribution in [-0.2, 0) is 0 Å². The minimum Gasteiger partial charge on any atom is -0.258 e. The van der Waals surface area contributed by atoms with E-state index in [2.05, 4.69) is 23.7 Å². The Hall–Kier alpha value is -4.68. The van der Waals surface area contributed by atoms with Crippen molar-refractivity contribution in [1.82, 2.24) is 0 Å². The third-order valence-electron chi connectivity index (χ3n) is 4.65. The van der Waals surface area contributed by atoms with Gasteiger partial charge in [-0.2, -0.15) is 0 Å². The number of rotatable bonds is 2. The number of fused-ring (bicyclic) bond motifs is 2. The van der Waals surface area contributed by atoms with E-state index in [1.54, 1.807) is 60.7 Å². The van der Waals surface area contributed by atoms with Crippen molar-refractivity contribution in [3.05, 3.63) is 104 Å². The van der Waals surface area contributed by atoms with Gasteiger partial charge >= 0.3 is 0 Å². The van der Waals surface area contributed by atoms with Crippen LogP contribution in [-0.4, -0.2) is 9.85 Å². The van der Waals surface area contributed by atoms with Gasteiger partial charge in [-0.1, -0.05) is 48.2 Å². The van der Waals surface area contributed by atoms with Crippen LogP contribution in [0.15, 0.2) is 72.8 Å². The lowest BCUT2D eigenvalue weighted by Gasteiger charge is -2.01. The van der Waals surface area contributed by atoms with Crippen molar-refractivity contribution in [2.24, 2.45) is 0 Å². The second-order valence-corrected chi connectivity index (χ2v) is 6.37. The standard InChI is InChI=1S/C24H12N2O4/c27-25(28)23-15-5-11-19-17(9-3-13-21(19)23)7-1-2-8-18-10-4-14-22-20(18)12-6-16-24(22)26(29)30/h3-6,9-16H. The van der Waals surface area contributed by atoms with Crippen molar-refractivity contribution in [2.75, 3.05) is 0 Å². The fourth-order valence-electron chi connectivity index (χ4n) is 3.32. The highest BCUT2D eigenvalue weighted by Gasteiger charge is 2.13. The number of non-ortho nitro benzene ring substituents is 2. The summed E-state index contributed by atoms with van der Waals surface area (Å²) >= 11 is 0. The lowest BCUT2D eigenvalue weighted by Crippen LogP contribution is -1.90. The van der Waals surface area contributed by atoms with Crippen molar-refractivity contribution in [3.63, 3.8) is 0 Å². The number of nitrogens with zero attached hydrogens (tertiary/aromatic N) is 2. The van der Waals surface area contributed by atoms with E-state index in [1.807, 2.05) is 0 Å². The number of nitro groups is 2. The Morgan fingerprint density at radius 3 is 1.30 bits per heavy atom. The zero-order valence-electron chi connectivity index (χ0n) is 15.5. The first kappa shape index (κ1) is 18.7. The Morgan fingerprint density at radius 2 is 0.900 bits per heavy atom. The summed E-state index contributed by atoms with van der Waals surface area (Å²) in [5.41, 5.74) is 1.33. The van der Waals surface area contributed by atoms with Crippen LogP contribution in [0.25, 0.3) is 21.5 Å². The van der Waals surface area contributed by atoms with E-state index >= 15 is 0 Å². The van der Waals surface area contributed by atoms with Crippen molar-refractivity contribution in [2.45, 2.75) is 0 Å². The van der Waals surface area contributed by atoms with Crippen LogP contribution in [0.4, 0.5) is 11.4 Å². The van der Waals surface area contributed by atoms with Gasteiger partial charge in [-0.15, -0.1) is 0 Å². The topological polar surface area (TPSA) is 86.3 Å². The highest BCUT2D eigenvalue weighted by atomic mass is 16.6. The normalized spacial score (nSPS) is 10.0. The van der Waals surface area contributed by atoms with Gasteiger partial charge in [-0.25, -0.2) is 0 Å². The van der Waals surface area contributed by atoms with E-state index in [1.165, 1.54) is 12.1 Å². The molecule has 0 unspecified atom stereocenters. The van der Waals surface area contributed by atoms with Gasteiger partial charge in [0, 0.05) is 34.0 Å². The molecule has 0 spiro atoms. The second kappa shape index (κ2) is 7.75. The van der Waals surface area contributed by atoms with Crippen molar-refractivity contribution < 1.29 is 9.85 Å². The van der Waals surface area contributed by atoms with Gasteiger partial charge < -0.3 is 0 Å². The Kier molecular flexibility index (Phi) is 4.82. The lowest BCUT2D eigenvalue weighted by atomic mass is 10.0. The second-order valence-electron chi connectivity index (χ2n) is 6.37. The average Bonchev–Trinajstić information content (AvgIpc) is 2.75. The fraction of sp³-hybridized carbons (Fsp3) is 0. The minimum absolute atomic E-state index is 0.0274. The molecule has 142 valence electrons. The molecule has 4 rings (SSSR count). The largest absolute Gasteiger partial charge is 0.277 e. The predicted octanol–water partition coefficient (Wildman–Crippen LogP) is 5.21. The van der Waals surface area contributed by atoms with Crippen LogP contribution in [0.2, 0.25) is 0 Å². The molecule has 0 fully saturated rings. The average molecular weight is 392 g/mol. The molecule has 0 saturated heterocycles. The first-order chi connectivity index (χ1) is 14.6. The van der Waals surface area contributed by atoms with Gasteiger partial charge in [-0.3, -0.25) is 20.2 Å². The Morgan fingerprint density at radius 1 is 0.533 bits per heavy atom. The number of nitro benzene ring substituents is 2. The summed E-state index contributed by atoms with van der Waals surface area (Å²) in [5, 5.41) is 24.8. The Bertz CT molecular complexity index is 1350. The molecule has 0 aliphatic heterocycles. The molecular weight excluding hydrogens is 380 g/mol. The summed E-state index contributed by atoms with van der Waals surface area (Å²) in [6, 6.07) is 20.1. The highest BCUT2D eigenvalue weighted by molar-refractivity contribution is 5.96. The molecule has 4 aromatic carbocycles. The van der Waals surface area contributed by atoms with Crippen molar-refractivity contribution in [3.8, 4) is 23.7 Å². The summed E-state index contributed by atoms with van der Waals surface area (Å²) < 4.78 is 0. The molecule has 0 amide bonds. The SMILES string of the molecule is O=[N+]([O-])c1cccc2c(C#CC#Cc3cccc4c([N+](=O)[O-])cccc34)cccc12. The Labute approximate surface area is 171 Å². The summed E-state index contributed by atoms with van der Waals surface area (Å²) in [7, 11) is 0. The molecule has 4 aromatic rings. The molecule has 0 aromatic heterocycles. The third-order valence-corrected chi connectivity index (χ3v) is 4.65. The van der Waals surface area contributed by atoms with Crippen LogP contribution in [0.3, 0.4) is 0 Å². The van der Waals surface area contributed by atoms with Crippen LogP contribution < -0.4 is 0 Å². The van der Waals surface area contributed by atoms with E-state index < -0.39 is 9.85 Å². The third kappa shape index (κ3) is 3.42. The molecule has 0 N–H and O–H groups in total. The highest BCUT2D eigenvalue weighted by Crippen LogP contribution is 2.28. The molecule has 0 bridgehead atoms. The van der Waals surface area contributed by atoms with Gasteiger partial charge in [0.15, 0.2) is 0 Å². The van der Waals surface area contributed by atoms with E-state index in [-0.39, 0.29) is 11.4 Å². The predicted molar refractivity (Wildman–Crippen MR) is 115 cm³/mol. The van der Waals surface area contributed by atoms with Gasteiger partial charge in [0.2, 0.25) is 0 Å². The van der Waals surface area contributed by atoms with Gasteiger partial charge in [0.1, 0.15) is 0 Å². The summed E-state index contributed by atoms with van der Waals surface area (Å²) in [4.78, 5) is 21.6. The maximum atomic E-state index is 11.2. The van der Waals surface area contributed by atoms with Gasteiger partial charge in [0.05, 0.1) is 20.6 Å². The van der Waals surface area contributed by atoms with E-state index in [4.69, 9.17) is 0 Å². The summed E-state index contributed by atoms with van der Waals surface area (Å²) in [6.07, 6.45) is 0. The van der Waals surface area contributed by atoms with Crippen LogP contribution in [0.5, 0.6) is 0 Å². The minimum atomic E-state index is -0.418. The van der Waals surface area contributed by atoms with E-state index in [0.717, 1.165) is 0 Å². The zero-order valence-corrected chi connectivity index (χ0v) is 15.5. The Balaban J connectivity index is 1.75. The molecule has 0 saturated carbocycles. The maximum absolute atomic E-state index is 11.2. The first-order valence-corrected chi connectivity index (χ1v) is 8.90. The van der Waals surface area contributed by atoms with Crippen LogP contribution in [0, 0.1) is 43.9 Å². The van der Waals surface area contributed by atoms with Gasteiger partial charge in [-0.05, 0) is 36.1 Å². The summed E-state index contributed by atoms with van der Waals surface area (Å²) in [6.45, 7) is 0. The molecule has 30 heavy (non-hydrogen) atoms. The van der Waals surface area contributed by atoms with Crippen molar-refractivity contribution >= 4 is 32.9 Å². The van der Waals surface area contributed by atoms with E-state index in [9.17, 15) is 20.2 Å². The molecule has 6 heteroatoms. The molecule has 0 atom stereocenters. The van der Waals surface area contributed by atoms with Crippen LogP contribution in [0.1, 0.15) is 11.1 Å². The summed E-state index contributed by atoms with van der Waals surface area (Å²) in [5.74, 6) is 11.5. The maximum Gasteiger partial charge on any atom is 0.277 e.